The molecule has 0 heterocycles. The minimum atomic E-state index is -1.62. The standard InChI is InChI=1S/C70H131NO8/c1-6-8-10-12-14-16-18-20-22-24-25-26-27-28-29-30-31-32-33-34-35-36-37-38-39-40-41-42-43-45-47-49-51-53-55-57-59-61-68(73)79-66(65-78-70(69(74)75)76-63-62-71(3,4)5)64-77-67(72)60-58-56-54-52-50-48-46-44-23-21-19-17-15-13-11-9-7-2/h18,20,24-25,27-28,66,70H,6-17,19,21-23,26,29-65H2,1-5H3/b20-18-,25-24-,28-27-. The number of esters is 2. The van der Waals surface area contributed by atoms with Crippen LogP contribution in [0, 0.1) is 0 Å². The molecule has 0 aliphatic heterocycles. The van der Waals surface area contributed by atoms with Gasteiger partial charge in [-0.3, -0.25) is 9.59 Å². The van der Waals surface area contributed by atoms with Gasteiger partial charge < -0.3 is 33.3 Å². The van der Waals surface area contributed by atoms with Crippen LogP contribution < -0.4 is 5.11 Å². The Hall–Kier alpha value is -2.49. The molecule has 0 radical (unpaired) electrons. The van der Waals surface area contributed by atoms with Crippen LogP contribution in [0.5, 0.6) is 0 Å². The Kier molecular flexibility index (Phi) is 59.6. The first-order valence-corrected chi connectivity index (χ1v) is 34.1. The number of allylic oxidation sites excluding steroid dienone is 6. The van der Waals surface area contributed by atoms with E-state index in [0.717, 1.165) is 51.4 Å². The van der Waals surface area contributed by atoms with Gasteiger partial charge in [-0.05, 0) is 51.4 Å². The second kappa shape index (κ2) is 61.6. The average Bonchev–Trinajstić information content (AvgIpc) is 3.42. The SMILES string of the molecule is CCCCCCC/C=C\C/C=C\C/C=C\CCCCCCCCCCCCCCCCCCCCCCCCC(=O)OC(COC(=O)CCCCCCCCCCCCCCCCCCC)COC(OCC[N+](C)(C)C)C(=O)[O-]. The van der Waals surface area contributed by atoms with Gasteiger partial charge in [0.15, 0.2) is 12.4 Å². The average molecular weight is 1110 g/mol. The van der Waals surface area contributed by atoms with Gasteiger partial charge in [0.2, 0.25) is 0 Å². The minimum absolute atomic E-state index is 0.151. The maximum absolute atomic E-state index is 12.9. The number of ether oxygens (including phenoxy) is 4. The fraction of sp³-hybridized carbons (Fsp3) is 0.871. The molecular weight excluding hydrogens is 983 g/mol. The Balaban J connectivity index is 3.99. The maximum atomic E-state index is 12.9. The molecule has 0 saturated carbocycles. The molecule has 0 bridgehead atoms. The van der Waals surface area contributed by atoms with Crippen LogP contribution >= 0.6 is 0 Å². The first kappa shape index (κ1) is 76.5. The van der Waals surface area contributed by atoms with Crippen molar-refractivity contribution in [3.05, 3.63) is 36.5 Å². The van der Waals surface area contributed by atoms with Gasteiger partial charge in [-0.1, -0.05) is 307 Å². The number of likely N-dealkylation sites (N-methyl/N-ethyl adjacent to an activating group) is 1. The van der Waals surface area contributed by atoms with Crippen molar-refractivity contribution in [2.45, 2.75) is 347 Å². The topological polar surface area (TPSA) is 111 Å². The molecule has 9 heteroatoms. The van der Waals surface area contributed by atoms with E-state index < -0.39 is 24.3 Å². The quantitative estimate of drug-likeness (QED) is 0.0195. The second-order valence-corrected chi connectivity index (χ2v) is 24.5. The molecule has 0 N–H and O–H groups in total. The Morgan fingerprint density at radius 2 is 0.684 bits per heavy atom. The molecule has 9 nitrogen and oxygen atoms in total. The molecule has 0 fully saturated rings. The van der Waals surface area contributed by atoms with E-state index in [-0.39, 0.29) is 32.2 Å². The third-order valence-electron chi connectivity index (χ3n) is 15.4. The van der Waals surface area contributed by atoms with E-state index in [0.29, 0.717) is 17.4 Å². The summed E-state index contributed by atoms with van der Waals surface area (Å²) >= 11 is 0. The fourth-order valence-corrected chi connectivity index (χ4v) is 10.1. The summed E-state index contributed by atoms with van der Waals surface area (Å²) in [5.74, 6) is -2.25. The fourth-order valence-electron chi connectivity index (χ4n) is 10.1. The van der Waals surface area contributed by atoms with E-state index in [1.54, 1.807) is 0 Å². The van der Waals surface area contributed by atoms with Crippen molar-refractivity contribution in [3.63, 3.8) is 0 Å². The van der Waals surface area contributed by atoms with E-state index in [4.69, 9.17) is 18.9 Å². The first-order chi connectivity index (χ1) is 38.6. The summed E-state index contributed by atoms with van der Waals surface area (Å²) in [6.07, 6.45) is 73.7. The van der Waals surface area contributed by atoms with E-state index >= 15 is 0 Å². The second-order valence-electron chi connectivity index (χ2n) is 24.5. The summed E-state index contributed by atoms with van der Waals surface area (Å²) in [6, 6.07) is 0. The molecule has 2 atom stereocenters. The van der Waals surface area contributed by atoms with E-state index in [9.17, 15) is 19.5 Å². The molecule has 0 amide bonds. The molecule has 0 aromatic heterocycles. The molecule has 0 rings (SSSR count). The van der Waals surface area contributed by atoms with E-state index in [2.05, 4.69) is 50.3 Å². The third-order valence-corrected chi connectivity index (χ3v) is 15.4. The Morgan fingerprint density at radius 3 is 1.01 bits per heavy atom. The molecule has 0 aromatic rings. The molecule has 0 spiro atoms. The largest absolute Gasteiger partial charge is 0.545 e. The zero-order chi connectivity index (χ0) is 57.6. The summed E-state index contributed by atoms with van der Waals surface area (Å²) in [7, 11) is 5.94. The third kappa shape index (κ3) is 63.0. The molecule has 2 unspecified atom stereocenters. The van der Waals surface area contributed by atoms with E-state index in [1.807, 2.05) is 21.1 Å². The molecule has 464 valence electrons. The van der Waals surface area contributed by atoms with Crippen LogP contribution in [0.4, 0.5) is 0 Å². The van der Waals surface area contributed by atoms with Gasteiger partial charge in [0.25, 0.3) is 0 Å². The number of unbranched alkanes of at least 4 members (excludes halogenated alkanes) is 43. The smallest absolute Gasteiger partial charge is 0.306 e. The lowest BCUT2D eigenvalue weighted by atomic mass is 10.0. The predicted octanol–water partition coefficient (Wildman–Crippen LogP) is 19.5. The summed E-state index contributed by atoms with van der Waals surface area (Å²) in [4.78, 5) is 37.4. The zero-order valence-corrected chi connectivity index (χ0v) is 53.0. The van der Waals surface area contributed by atoms with Crippen molar-refractivity contribution in [3.8, 4) is 0 Å². The molecule has 0 aliphatic carbocycles. The maximum Gasteiger partial charge on any atom is 0.306 e. The number of carboxylic acids is 1. The highest BCUT2D eigenvalue weighted by Crippen LogP contribution is 2.18. The van der Waals surface area contributed by atoms with Crippen LogP contribution in [0.25, 0.3) is 0 Å². The zero-order valence-electron chi connectivity index (χ0n) is 53.0. The van der Waals surface area contributed by atoms with Crippen LogP contribution in [0.15, 0.2) is 36.5 Å². The minimum Gasteiger partial charge on any atom is -0.545 e. The van der Waals surface area contributed by atoms with Crippen LogP contribution in [0.2, 0.25) is 0 Å². The highest BCUT2D eigenvalue weighted by Gasteiger charge is 2.22. The monoisotopic (exact) mass is 1110 g/mol. The van der Waals surface area contributed by atoms with Gasteiger partial charge in [0, 0.05) is 12.8 Å². The number of carbonyl (C=O) groups is 3. The highest BCUT2D eigenvalue weighted by molar-refractivity contribution is 5.70. The number of hydrogen-bond acceptors (Lipinski definition) is 8. The number of rotatable bonds is 64. The van der Waals surface area contributed by atoms with Crippen molar-refractivity contribution >= 4 is 17.9 Å². The normalized spacial score (nSPS) is 12.9. The number of carboxylic acid groups (broad SMARTS) is 1. The van der Waals surface area contributed by atoms with Crippen LogP contribution in [-0.2, 0) is 33.3 Å². The van der Waals surface area contributed by atoms with Crippen LogP contribution in [0.1, 0.15) is 335 Å². The van der Waals surface area contributed by atoms with Gasteiger partial charge in [0.1, 0.15) is 13.2 Å². The summed E-state index contributed by atoms with van der Waals surface area (Å²) in [6.45, 7) is 4.79. The molecule has 79 heavy (non-hydrogen) atoms. The van der Waals surface area contributed by atoms with Crippen molar-refractivity contribution in [2.75, 3.05) is 47.5 Å². The number of carbonyl (C=O) groups excluding carboxylic acids is 3. The molecule has 0 aliphatic rings. The van der Waals surface area contributed by atoms with Crippen molar-refractivity contribution in [2.24, 2.45) is 0 Å². The van der Waals surface area contributed by atoms with Gasteiger partial charge in [-0.2, -0.15) is 0 Å². The molecular formula is C70H131NO8. The predicted molar refractivity (Wildman–Crippen MR) is 334 cm³/mol. The lowest BCUT2D eigenvalue weighted by Gasteiger charge is -2.26. The summed E-state index contributed by atoms with van der Waals surface area (Å²) in [5.41, 5.74) is 0. The number of nitrogens with zero attached hydrogens (tertiary/aromatic N) is 1. The van der Waals surface area contributed by atoms with Gasteiger partial charge in [0.05, 0.1) is 40.3 Å². The Morgan fingerprint density at radius 1 is 0.380 bits per heavy atom. The van der Waals surface area contributed by atoms with E-state index in [1.165, 1.54) is 257 Å². The van der Waals surface area contributed by atoms with Gasteiger partial charge in [-0.15, -0.1) is 0 Å². The molecule has 0 aromatic carbocycles. The summed E-state index contributed by atoms with van der Waals surface area (Å²) in [5, 5.41) is 11.8. The highest BCUT2D eigenvalue weighted by atomic mass is 16.7. The van der Waals surface area contributed by atoms with Crippen LogP contribution in [0.3, 0.4) is 0 Å². The lowest BCUT2D eigenvalue weighted by Crippen LogP contribution is -2.44. The number of quaternary nitrogens is 1. The van der Waals surface area contributed by atoms with Gasteiger partial charge >= 0.3 is 11.9 Å². The van der Waals surface area contributed by atoms with Crippen molar-refractivity contribution in [1.29, 1.82) is 0 Å². The lowest BCUT2D eigenvalue weighted by molar-refractivity contribution is -0.870. The van der Waals surface area contributed by atoms with Gasteiger partial charge in [-0.25, -0.2) is 0 Å². The van der Waals surface area contributed by atoms with Crippen molar-refractivity contribution < 1.29 is 42.9 Å². The number of hydrogen-bond donors (Lipinski definition) is 0. The Labute approximate surface area is 490 Å². The van der Waals surface area contributed by atoms with Crippen LogP contribution in [-0.4, -0.2) is 82.3 Å². The summed E-state index contributed by atoms with van der Waals surface area (Å²) < 4.78 is 22.8. The first-order valence-electron chi connectivity index (χ1n) is 34.1. The Bertz CT molecular complexity index is 1390. The van der Waals surface area contributed by atoms with Crippen molar-refractivity contribution in [1.82, 2.24) is 0 Å². The number of aliphatic carboxylic acids is 1. The molecule has 0 saturated heterocycles.